The maximum Gasteiger partial charge on any atom is 0.338 e. The number of carbonyl (C=O) groups excluding carboxylic acids is 1. The summed E-state index contributed by atoms with van der Waals surface area (Å²) in [7, 11) is 0. The van der Waals surface area contributed by atoms with Crippen molar-refractivity contribution in [3.63, 3.8) is 0 Å². The van der Waals surface area contributed by atoms with Crippen molar-refractivity contribution < 1.29 is 19.6 Å². The zero-order chi connectivity index (χ0) is 13.3. The molecule has 0 spiro atoms. The largest absolute Gasteiger partial charge is 0.478 e. The van der Waals surface area contributed by atoms with Crippen molar-refractivity contribution >= 4 is 23.3 Å². The van der Waals surface area contributed by atoms with Gasteiger partial charge in [-0.2, -0.15) is 0 Å². The van der Waals surface area contributed by atoms with E-state index in [0.29, 0.717) is 19.4 Å². The van der Waals surface area contributed by atoms with Gasteiger partial charge in [0.05, 0.1) is 16.2 Å². The van der Waals surface area contributed by atoms with Gasteiger partial charge in [0.15, 0.2) is 0 Å². The molecule has 1 aromatic rings. The number of benzene rings is 1. The number of non-ortho nitro benzene ring substituents is 1. The summed E-state index contributed by atoms with van der Waals surface area (Å²) in [5.74, 6) is -1.44. The van der Waals surface area contributed by atoms with Gasteiger partial charge in [-0.15, -0.1) is 0 Å². The van der Waals surface area contributed by atoms with Crippen molar-refractivity contribution in [2.24, 2.45) is 0 Å². The van der Waals surface area contributed by atoms with Gasteiger partial charge in [-0.05, 0) is 12.5 Å². The van der Waals surface area contributed by atoms with Gasteiger partial charge in [0.2, 0.25) is 5.91 Å². The Bertz CT molecular complexity index is 540. The Morgan fingerprint density at radius 3 is 2.67 bits per heavy atom. The monoisotopic (exact) mass is 250 g/mol. The Hall–Kier alpha value is -2.44. The van der Waals surface area contributed by atoms with E-state index in [2.05, 4.69) is 0 Å². The number of nitro benzene ring substituents is 1. The second kappa shape index (κ2) is 4.44. The fraction of sp³-hybridized carbons (Fsp3) is 0.273. The molecular weight excluding hydrogens is 240 g/mol. The third-order valence-corrected chi connectivity index (χ3v) is 2.79. The molecule has 0 aliphatic carbocycles. The molecule has 0 saturated carbocycles. The maximum atomic E-state index is 11.6. The molecule has 1 amide bonds. The number of carbonyl (C=O) groups is 2. The van der Waals surface area contributed by atoms with Gasteiger partial charge in [-0.1, -0.05) is 0 Å². The number of anilines is 1. The van der Waals surface area contributed by atoms with Crippen molar-refractivity contribution in [1.29, 1.82) is 0 Å². The first kappa shape index (κ1) is 12.0. The van der Waals surface area contributed by atoms with Crippen LogP contribution in [0.1, 0.15) is 23.2 Å². The van der Waals surface area contributed by atoms with Crippen LogP contribution in [0.2, 0.25) is 0 Å². The molecule has 7 nitrogen and oxygen atoms in total. The topological polar surface area (TPSA) is 101 Å². The van der Waals surface area contributed by atoms with E-state index in [0.717, 1.165) is 6.07 Å². The summed E-state index contributed by atoms with van der Waals surface area (Å²) in [5, 5.41) is 19.7. The quantitative estimate of drug-likeness (QED) is 0.645. The van der Waals surface area contributed by atoms with Crippen LogP contribution in [0.15, 0.2) is 18.2 Å². The summed E-state index contributed by atoms with van der Waals surface area (Å²) in [6.45, 7) is 0.441. The number of nitrogens with zero attached hydrogens (tertiary/aromatic N) is 2. The Morgan fingerprint density at radius 1 is 1.44 bits per heavy atom. The zero-order valence-corrected chi connectivity index (χ0v) is 9.33. The van der Waals surface area contributed by atoms with E-state index >= 15 is 0 Å². The summed E-state index contributed by atoms with van der Waals surface area (Å²) >= 11 is 0. The molecular formula is C11H10N2O5. The summed E-state index contributed by atoms with van der Waals surface area (Å²) in [6, 6.07) is 3.49. The lowest BCUT2D eigenvalue weighted by molar-refractivity contribution is -0.384. The molecule has 0 unspecified atom stereocenters. The summed E-state index contributed by atoms with van der Waals surface area (Å²) in [6.07, 6.45) is 1.03. The van der Waals surface area contributed by atoms with Gasteiger partial charge in [0.25, 0.3) is 5.69 Å². The van der Waals surface area contributed by atoms with Crippen molar-refractivity contribution in [3.05, 3.63) is 33.9 Å². The number of hydrogen-bond acceptors (Lipinski definition) is 4. The van der Waals surface area contributed by atoms with E-state index in [4.69, 9.17) is 5.11 Å². The second-order valence-electron chi connectivity index (χ2n) is 3.91. The molecule has 1 aliphatic heterocycles. The number of aromatic carboxylic acids is 1. The van der Waals surface area contributed by atoms with Gasteiger partial charge in [-0.25, -0.2) is 4.79 Å². The van der Waals surface area contributed by atoms with Crippen molar-refractivity contribution in [1.82, 2.24) is 0 Å². The minimum absolute atomic E-state index is 0.161. The van der Waals surface area contributed by atoms with E-state index in [1.807, 2.05) is 0 Å². The van der Waals surface area contributed by atoms with Gasteiger partial charge in [-0.3, -0.25) is 14.9 Å². The molecule has 1 saturated heterocycles. The average molecular weight is 250 g/mol. The van der Waals surface area contributed by atoms with Crippen LogP contribution in [-0.2, 0) is 4.79 Å². The van der Waals surface area contributed by atoms with E-state index in [9.17, 15) is 19.7 Å². The molecule has 94 valence electrons. The van der Waals surface area contributed by atoms with Crippen LogP contribution in [0, 0.1) is 10.1 Å². The van der Waals surface area contributed by atoms with Crippen LogP contribution < -0.4 is 4.90 Å². The molecule has 18 heavy (non-hydrogen) atoms. The van der Waals surface area contributed by atoms with E-state index in [1.165, 1.54) is 17.0 Å². The third-order valence-electron chi connectivity index (χ3n) is 2.79. The highest BCUT2D eigenvalue weighted by atomic mass is 16.6. The zero-order valence-electron chi connectivity index (χ0n) is 9.33. The normalized spacial score (nSPS) is 14.9. The van der Waals surface area contributed by atoms with E-state index in [-0.39, 0.29) is 22.8 Å². The first-order valence-corrected chi connectivity index (χ1v) is 5.33. The molecule has 1 heterocycles. The van der Waals surface area contributed by atoms with Crippen molar-refractivity contribution in [3.8, 4) is 0 Å². The SMILES string of the molecule is O=C(O)c1cc([N+](=O)[O-])ccc1N1CCCC1=O. The lowest BCUT2D eigenvalue weighted by atomic mass is 10.1. The highest BCUT2D eigenvalue weighted by Crippen LogP contribution is 2.28. The summed E-state index contributed by atoms with van der Waals surface area (Å²) < 4.78 is 0. The van der Waals surface area contributed by atoms with Crippen LogP contribution in [-0.4, -0.2) is 28.5 Å². The smallest absolute Gasteiger partial charge is 0.338 e. The Kier molecular flexibility index (Phi) is 2.97. The van der Waals surface area contributed by atoms with Crippen LogP contribution >= 0.6 is 0 Å². The number of amides is 1. The minimum Gasteiger partial charge on any atom is -0.478 e. The molecule has 7 heteroatoms. The molecule has 0 bridgehead atoms. The molecule has 1 N–H and O–H groups in total. The predicted octanol–water partition coefficient (Wildman–Crippen LogP) is 1.42. The standard InChI is InChI=1S/C11H10N2O5/c14-10-2-1-5-12(10)9-4-3-7(13(17)18)6-8(9)11(15)16/h3-4,6H,1-2,5H2,(H,15,16). The first-order valence-electron chi connectivity index (χ1n) is 5.33. The molecule has 2 rings (SSSR count). The lowest BCUT2D eigenvalue weighted by Gasteiger charge is -2.17. The van der Waals surface area contributed by atoms with Crippen LogP contribution in [0.3, 0.4) is 0 Å². The highest BCUT2D eigenvalue weighted by molar-refractivity contribution is 6.03. The number of nitro groups is 1. The third kappa shape index (κ3) is 2.02. The van der Waals surface area contributed by atoms with Crippen LogP contribution in [0.5, 0.6) is 0 Å². The van der Waals surface area contributed by atoms with Crippen molar-refractivity contribution in [2.45, 2.75) is 12.8 Å². The predicted molar refractivity (Wildman–Crippen MR) is 61.6 cm³/mol. The molecule has 1 aromatic carbocycles. The van der Waals surface area contributed by atoms with Gasteiger partial charge < -0.3 is 10.0 Å². The van der Waals surface area contributed by atoms with Crippen molar-refractivity contribution in [2.75, 3.05) is 11.4 Å². The maximum absolute atomic E-state index is 11.6. The van der Waals surface area contributed by atoms with Crippen LogP contribution in [0.25, 0.3) is 0 Å². The molecule has 0 aromatic heterocycles. The molecule has 1 aliphatic rings. The Balaban J connectivity index is 2.50. The molecule has 0 radical (unpaired) electrons. The number of carboxylic acids is 1. The van der Waals surface area contributed by atoms with Gasteiger partial charge in [0, 0.05) is 25.1 Å². The van der Waals surface area contributed by atoms with Gasteiger partial charge in [0.1, 0.15) is 0 Å². The Morgan fingerprint density at radius 2 is 2.17 bits per heavy atom. The number of hydrogen-bond donors (Lipinski definition) is 1. The van der Waals surface area contributed by atoms with E-state index in [1.54, 1.807) is 0 Å². The summed E-state index contributed by atoms with van der Waals surface area (Å²) in [4.78, 5) is 34.0. The number of rotatable bonds is 3. The van der Waals surface area contributed by atoms with Gasteiger partial charge >= 0.3 is 5.97 Å². The highest BCUT2D eigenvalue weighted by Gasteiger charge is 2.27. The second-order valence-corrected chi connectivity index (χ2v) is 3.91. The van der Waals surface area contributed by atoms with E-state index < -0.39 is 10.9 Å². The number of carboxylic acid groups (broad SMARTS) is 1. The fourth-order valence-electron chi connectivity index (χ4n) is 1.95. The minimum atomic E-state index is -1.28. The van der Waals surface area contributed by atoms with Crippen LogP contribution in [0.4, 0.5) is 11.4 Å². The lowest BCUT2D eigenvalue weighted by Crippen LogP contribution is -2.25. The Labute approximate surface area is 102 Å². The molecule has 0 atom stereocenters. The summed E-state index contributed by atoms with van der Waals surface area (Å²) in [5.41, 5.74) is -0.308. The molecule has 1 fully saturated rings. The average Bonchev–Trinajstić information content (AvgIpc) is 2.74. The fourth-order valence-corrected chi connectivity index (χ4v) is 1.95. The first-order chi connectivity index (χ1) is 8.50.